The Morgan fingerprint density at radius 3 is 3.00 bits per heavy atom. The molecule has 1 aromatic rings. The summed E-state index contributed by atoms with van der Waals surface area (Å²) in [4.78, 5) is 11.8. The van der Waals surface area contributed by atoms with Gasteiger partial charge in [-0.05, 0) is 5.92 Å². The Morgan fingerprint density at radius 1 is 1.62 bits per heavy atom. The fourth-order valence-corrected chi connectivity index (χ4v) is 1.68. The van der Waals surface area contributed by atoms with Crippen LogP contribution in [0.15, 0.2) is 6.20 Å². The zero-order valence-corrected chi connectivity index (χ0v) is 10.0. The maximum Gasteiger partial charge on any atom is 0.184 e. The second-order valence-corrected chi connectivity index (χ2v) is 4.18. The molecular weight excluding hydrogens is 204 g/mol. The van der Waals surface area contributed by atoms with Crippen molar-refractivity contribution in [2.24, 2.45) is 11.7 Å². The summed E-state index contributed by atoms with van der Waals surface area (Å²) >= 11 is 0. The Labute approximate surface area is 96.0 Å². The van der Waals surface area contributed by atoms with E-state index in [4.69, 9.17) is 5.73 Å². The van der Waals surface area contributed by atoms with Crippen molar-refractivity contribution in [2.75, 3.05) is 6.54 Å². The molecule has 1 rings (SSSR count). The van der Waals surface area contributed by atoms with Crippen LogP contribution in [-0.2, 0) is 6.54 Å². The van der Waals surface area contributed by atoms with Crippen LogP contribution in [0.5, 0.6) is 0 Å². The molecule has 0 aliphatic rings. The molecule has 0 bridgehead atoms. The summed E-state index contributed by atoms with van der Waals surface area (Å²) in [6.07, 6.45) is 4.40. The van der Waals surface area contributed by atoms with Crippen molar-refractivity contribution in [1.29, 1.82) is 0 Å². The maximum atomic E-state index is 11.8. The minimum Gasteiger partial charge on any atom is -0.329 e. The fraction of sp³-hybridized carbons (Fsp3) is 0.727. The largest absolute Gasteiger partial charge is 0.329 e. The summed E-state index contributed by atoms with van der Waals surface area (Å²) in [5.41, 5.74) is 5.85. The van der Waals surface area contributed by atoms with Crippen LogP contribution < -0.4 is 5.73 Å². The quantitative estimate of drug-likeness (QED) is 0.707. The minimum absolute atomic E-state index is 0.0734. The maximum absolute atomic E-state index is 11.8. The Balaban J connectivity index is 2.52. The highest BCUT2D eigenvalue weighted by molar-refractivity contribution is 5.93. The number of rotatable bonds is 7. The lowest BCUT2D eigenvalue weighted by molar-refractivity contribution is 0.0957. The lowest BCUT2D eigenvalue weighted by Crippen LogP contribution is -2.10. The van der Waals surface area contributed by atoms with Gasteiger partial charge in [-0.2, -0.15) is 0 Å². The number of carbonyl (C=O) groups excluding carboxylic acids is 1. The molecule has 0 saturated heterocycles. The molecule has 0 aromatic carbocycles. The van der Waals surface area contributed by atoms with E-state index in [-0.39, 0.29) is 5.78 Å². The first-order valence-electron chi connectivity index (χ1n) is 5.80. The molecule has 0 radical (unpaired) electrons. The molecule has 90 valence electrons. The molecule has 0 fully saturated rings. The van der Waals surface area contributed by atoms with E-state index in [0.717, 1.165) is 12.8 Å². The van der Waals surface area contributed by atoms with Crippen LogP contribution in [-0.4, -0.2) is 27.3 Å². The Morgan fingerprint density at radius 2 is 2.38 bits per heavy atom. The SMILES string of the molecule is CCCC(C)CC(=O)c1cn(CCN)nn1. The third-order valence-electron chi connectivity index (χ3n) is 2.50. The van der Waals surface area contributed by atoms with Gasteiger partial charge < -0.3 is 5.73 Å². The summed E-state index contributed by atoms with van der Waals surface area (Å²) in [6, 6.07) is 0. The van der Waals surface area contributed by atoms with Gasteiger partial charge in [-0.3, -0.25) is 9.48 Å². The van der Waals surface area contributed by atoms with Crippen LogP contribution in [0.4, 0.5) is 0 Å². The molecule has 0 aliphatic carbocycles. The van der Waals surface area contributed by atoms with Gasteiger partial charge in [0.05, 0.1) is 12.7 Å². The second kappa shape index (κ2) is 6.37. The van der Waals surface area contributed by atoms with E-state index in [1.54, 1.807) is 10.9 Å². The van der Waals surface area contributed by atoms with Crippen molar-refractivity contribution >= 4 is 5.78 Å². The standard InChI is InChI=1S/C11H20N4O/c1-3-4-9(2)7-11(16)10-8-15(6-5-12)14-13-10/h8-9H,3-7,12H2,1-2H3. The van der Waals surface area contributed by atoms with Gasteiger partial charge in [0.25, 0.3) is 0 Å². The molecule has 0 spiro atoms. The molecule has 0 saturated carbocycles. The van der Waals surface area contributed by atoms with E-state index < -0.39 is 0 Å². The lowest BCUT2D eigenvalue weighted by atomic mass is 9.99. The zero-order chi connectivity index (χ0) is 12.0. The third-order valence-corrected chi connectivity index (χ3v) is 2.50. The molecule has 2 N–H and O–H groups in total. The van der Waals surface area contributed by atoms with Gasteiger partial charge in [0.1, 0.15) is 5.69 Å². The summed E-state index contributed by atoms with van der Waals surface area (Å²) in [7, 11) is 0. The van der Waals surface area contributed by atoms with Crippen LogP contribution in [0.3, 0.4) is 0 Å². The van der Waals surface area contributed by atoms with E-state index >= 15 is 0 Å². The summed E-state index contributed by atoms with van der Waals surface area (Å²) in [5.74, 6) is 0.487. The average molecular weight is 224 g/mol. The van der Waals surface area contributed by atoms with E-state index in [9.17, 15) is 4.79 Å². The van der Waals surface area contributed by atoms with E-state index in [1.807, 2.05) is 0 Å². The molecule has 0 amide bonds. The Bertz CT molecular complexity index is 334. The fourth-order valence-electron chi connectivity index (χ4n) is 1.68. The predicted molar refractivity (Wildman–Crippen MR) is 62.1 cm³/mol. The van der Waals surface area contributed by atoms with Gasteiger partial charge in [-0.25, -0.2) is 0 Å². The molecule has 5 heteroatoms. The summed E-state index contributed by atoms with van der Waals surface area (Å²) in [5, 5.41) is 7.70. The summed E-state index contributed by atoms with van der Waals surface area (Å²) < 4.78 is 1.61. The lowest BCUT2D eigenvalue weighted by Gasteiger charge is -2.06. The minimum atomic E-state index is 0.0734. The van der Waals surface area contributed by atoms with Crippen molar-refractivity contribution in [3.05, 3.63) is 11.9 Å². The first kappa shape index (κ1) is 12.8. The highest BCUT2D eigenvalue weighted by atomic mass is 16.1. The molecule has 1 atom stereocenters. The smallest absolute Gasteiger partial charge is 0.184 e. The molecule has 0 aliphatic heterocycles. The number of hydrogen-bond donors (Lipinski definition) is 1. The highest BCUT2D eigenvalue weighted by Gasteiger charge is 2.14. The highest BCUT2D eigenvalue weighted by Crippen LogP contribution is 2.12. The number of hydrogen-bond acceptors (Lipinski definition) is 4. The molecule has 16 heavy (non-hydrogen) atoms. The topological polar surface area (TPSA) is 73.8 Å². The van der Waals surface area contributed by atoms with Crippen LogP contribution >= 0.6 is 0 Å². The van der Waals surface area contributed by atoms with Crippen LogP contribution in [0.2, 0.25) is 0 Å². The predicted octanol–water partition coefficient (Wildman–Crippen LogP) is 1.25. The van der Waals surface area contributed by atoms with Crippen molar-refractivity contribution < 1.29 is 4.79 Å². The summed E-state index contributed by atoms with van der Waals surface area (Å²) in [6.45, 7) is 5.32. The average Bonchev–Trinajstić information content (AvgIpc) is 2.67. The number of ketones is 1. The van der Waals surface area contributed by atoms with Crippen LogP contribution in [0, 0.1) is 5.92 Å². The van der Waals surface area contributed by atoms with Gasteiger partial charge >= 0.3 is 0 Å². The molecule has 1 aromatic heterocycles. The van der Waals surface area contributed by atoms with Gasteiger partial charge in [0, 0.05) is 13.0 Å². The number of nitrogens with zero attached hydrogens (tertiary/aromatic N) is 3. The number of Topliss-reactive ketones (excluding diaryl/α,β-unsaturated/α-hetero) is 1. The number of carbonyl (C=O) groups is 1. The first-order chi connectivity index (χ1) is 7.67. The van der Waals surface area contributed by atoms with E-state index in [2.05, 4.69) is 24.2 Å². The second-order valence-electron chi connectivity index (χ2n) is 4.18. The van der Waals surface area contributed by atoms with Crippen LogP contribution in [0.25, 0.3) is 0 Å². The monoisotopic (exact) mass is 224 g/mol. The van der Waals surface area contributed by atoms with Crippen molar-refractivity contribution in [2.45, 2.75) is 39.7 Å². The van der Waals surface area contributed by atoms with E-state index in [0.29, 0.717) is 31.1 Å². The van der Waals surface area contributed by atoms with Gasteiger partial charge in [0.15, 0.2) is 5.78 Å². The van der Waals surface area contributed by atoms with Crippen molar-refractivity contribution in [3.63, 3.8) is 0 Å². The number of aromatic nitrogens is 3. The Kier molecular flexibility index (Phi) is 5.11. The molecule has 5 nitrogen and oxygen atoms in total. The number of nitrogens with two attached hydrogens (primary N) is 1. The third kappa shape index (κ3) is 3.73. The van der Waals surface area contributed by atoms with Crippen molar-refractivity contribution in [1.82, 2.24) is 15.0 Å². The molecular formula is C11H20N4O. The van der Waals surface area contributed by atoms with E-state index in [1.165, 1.54) is 0 Å². The molecule has 1 heterocycles. The Hall–Kier alpha value is -1.23. The van der Waals surface area contributed by atoms with Gasteiger partial charge in [-0.1, -0.05) is 31.9 Å². The van der Waals surface area contributed by atoms with Gasteiger partial charge in [0.2, 0.25) is 0 Å². The van der Waals surface area contributed by atoms with Gasteiger partial charge in [-0.15, -0.1) is 5.10 Å². The molecule has 1 unspecified atom stereocenters. The van der Waals surface area contributed by atoms with Crippen LogP contribution in [0.1, 0.15) is 43.6 Å². The van der Waals surface area contributed by atoms with Crippen molar-refractivity contribution in [3.8, 4) is 0 Å². The zero-order valence-electron chi connectivity index (χ0n) is 10.0. The first-order valence-corrected chi connectivity index (χ1v) is 5.80. The normalized spacial score (nSPS) is 12.7.